The molecule has 4 nitrogen and oxygen atoms in total. The number of hydrogen-bond acceptors (Lipinski definition) is 4. The van der Waals surface area contributed by atoms with Gasteiger partial charge in [-0.2, -0.15) is 12.6 Å². The Balaban J connectivity index is 1.54. The fourth-order valence-corrected chi connectivity index (χ4v) is 10.9. The molecular formula is C33H51FO4S. The van der Waals surface area contributed by atoms with Crippen LogP contribution in [0, 0.1) is 44.3 Å². The molecule has 0 aromatic rings. The van der Waals surface area contributed by atoms with Gasteiger partial charge in [-0.3, -0.25) is 9.59 Å². The van der Waals surface area contributed by atoms with Crippen molar-refractivity contribution in [2.24, 2.45) is 44.3 Å². The van der Waals surface area contributed by atoms with Crippen molar-refractivity contribution in [3.05, 3.63) is 11.6 Å². The Labute approximate surface area is 240 Å². The Bertz CT molecular complexity index is 1100. The number of rotatable bonds is 3. The van der Waals surface area contributed by atoms with Crippen LogP contribution in [0.5, 0.6) is 0 Å². The van der Waals surface area contributed by atoms with E-state index >= 15 is 4.39 Å². The van der Waals surface area contributed by atoms with E-state index in [9.17, 15) is 14.7 Å². The SMILES string of the molecule is CC(S)C(=O)OC1CCC2(C)C(CCC3(C)C4(C)CCC5(C)CCC(C)(C(=O)O)CC5C4=CCC23F)C1(C)C. The average molecular weight is 563 g/mol. The second-order valence-electron chi connectivity index (χ2n) is 16.1. The van der Waals surface area contributed by atoms with E-state index < -0.39 is 33.1 Å². The van der Waals surface area contributed by atoms with E-state index in [1.807, 2.05) is 6.92 Å². The number of hydrogen-bond donors (Lipinski definition) is 2. The molecule has 39 heavy (non-hydrogen) atoms. The number of thiol groups is 1. The molecule has 1 N–H and O–H groups in total. The third-order valence-corrected chi connectivity index (χ3v) is 14.2. The molecule has 5 rings (SSSR count). The van der Waals surface area contributed by atoms with Gasteiger partial charge in [0.05, 0.1) is 10.7 Å². The minimum absolute atomic E-state index is 0.0855. The number of carbonyl (C=O) groups excluding carboxylic acids is 1. The molecule has 0 spiro atoms. The summed E-state index contributed by atoms with van der Waals surface area (Å²) in [5.74, 6) is -0.700. The highest BCUT2D eigenvalue weighted by atomic mass is 32.1. The van der Waals surface area contributed by atoms with Gasteiger partial charge in [-0.15, -0.1) is 0 Å². The van der Waals surface area contributed by atoms with E-state index in [0.29, 0.717) is 25.7 Å². The molecule has 10 atom stereocenters. The van der Waals surface area contributed by atoms with Crippen LogP contribution in [0.4, 0.5) is 4.39 Å². The van der Waals surface area contributed by atoms with Gasteiger partial charge in [-0.1, -0.05) is 53.2 Å². The Kier molecular flexibility index (Phi) is 6.60. The van der Waals surface area contributed by atoms with Crippen molar-refractivity contribution in [2.75, 3.05) is 0 Å². The second kappa shape index (κ2) is 8.74. The molecule has 5 aliphatic rings. The fraction of sp³-hybridized carbons (Fsp3) is 0.879. The highest BCUT2D eigenvalue weighted by molar-refractivity contribution is 7.81. The van der Waals surface area contributed by atoms with Crippen molar-refractivity contribution in [3.8, 4) is 0 Å². The van der Waals surface area contributed by atoms with Gasteiger partial charge in [0.2, 0.25) is 0 Å². The van der Waals surface area contributed by atoms with Gasteiger partial charge in [0.1, 0.15) is 11.8 Å². The van der Waals surface area contributed by atoms with Gasteiger partial charge in [0.15, 0.2) is 0 Å². The normalized spacial score (nSPS) is 51.2. The van der Waals surface area contributed by atoms with Crippen LogP contribution < -0.4 is 0 Å². The third kappa shape index (κ3) is 3.67. The van der Waals surface area contributed by atoms with E-state index in [0.717, 1.165) is 38.5 Å². The molecular weight excluding hydrogens is 511 g/mol. The van der Waals surface area contributed by atoms with Crippen molar-refractivity contribution in [2.45, 2.75) is 137 Å². The molecule has 0 aromatic carbocycles. The predicted molar refractivity (Wildman–Crippen MR) is 155 cm³/mol. The maximum absolute atomic E-state index is 18.3. The lowest BCUT2D eigenvalue weighted by Gasteiger charge is -2.73. The molecule has 10 unspecified atom stereocenters. The molecule has 5 aliphatic carbocycles. The first-order chi connectivity index (χ1) is 17.8. The zero-order valence-electron chi connectivity index (χ0n) is 25.5. The number of ether oxygens (including phenoxy) is 1. The zero-order chi connectivity index (χ0) is 29.0. The maximum Gasteiger partial charge on any atom is 0.318 e. The van der Waals surface area contributed by atoms with Crippen LogP contribution in [0.25, 0.3) is 0 Å². The first-order valence-corrected chi connectivity index (χ1v) is 15.8. The minimum atomic E-state index is -1.39. The van der Waals surface area contributed by atoms with E-state index in [1.165, 1.54) is 5.57 Å². The van der Waals surface area contributed by atoms with Crippen LogP contribution >= 0.6 is 12.6 Å². The van der Waals surface area contributed by atoms with Gasteiger partial charge < -0.3 is 9.84 Å². The summed E-state index contributed by atoms with van der Waals surface area (Å²) in [4.78, 5) is 24.8. The number of fused-ring (bicyclic) bond motifs is 7. The average Bonchev–Trinajstić information content (AvgIpc) is 2.84. The molecule has 0 aliphatic heterocycles. The minimum Gasteiger partial charge on any atom is -0.481 e. The van der Waals surface area contributed by atoms with Crippen molar-refractivity contribution >= 4 is 24.6 Å². The van der Waals surface area contributed by atoms with Gasteiger partial charge in [0.25, 0.3) is 0 Å². The van der Waals surface area contributed by atoms with Crippen molar-refractivity contribution in [1.29, 1.82) is 0 Å². The second-order valence-corrected chi connectivity index (χ2v) is 16.9. The fourth-order valence-electron chi connectivity index (χ4n) is 10.9. The van der Waals surface area contributed by atoms with E-state index in [2.05, 4.69) is 60.2 Å². The van der Waals surface area contributed by atoms with Gasteiger partial charge in [-0.05, 0) is 94.3 Å². The smallest absolute Gasteiger partial charge is 0.318 e. The quantitative estimate of drug-likeness (QED) is 0.207. The van der Waals surface area contributed by atoms with E-state index in [4.69, 9.17) is 4.74 Å². The highest BCUT2D eigenvalue weighted by Gasteiger charge is 2.75. The molecule has 4 fully saturated rings. The maximum atomic E-state index is 18.3. The summed E-state index contributed by atoms with van der Waals surface area (Å²) in [5, 5.41) is 9.64. The van der Waals surface area contributed by atoms with E-state index in [1.54, 1.807) is 6.92 Å². The molecule has 0 saturated heterocycles. The summed E-state index contributed by atoms with van der Waals surface area (Å²) >= 11 is 4.28. The van der Waals surface area contributed by atoms with Crippen LogP contribution in [0.3, 0.4) is 0 Å². The number of alkyl halides is 1. The lowest BCUT2D eigenvalue weighted by atomic mass is 9.32. The Morgan fingerprint density at radius 2 is 1.64 bits per heavy atom. The van der Waals surface area contributed by atoms with Crippen molar-refractivity contribution in [3.63, 3.8) is 0 Å². The Hall–Kier alpha value is -1.04. The standard InChI is InChI=1S/C33H51FO4S/c1-20(39)25(35)38-24-11-12-31(7)23(27(24,2)3)10-13-32(8)30(6)18-17-28(4)15-16-29(5,26(36)37)19-22(28)21(30)9-14-33(31,32)34/h9,20,22-24,39H,10-19H2,1-8H3,(H,36,37). The third-order valence-electron chi connectivity index (χ3n) is 14.0. The number of esters is 1. The van der Waals surface area contributed by atoms with Gasteiger partial charge in [-0.25, -0.2) is 4.39 Å². The number of allylic oxidation sites excluding steroid dienone is 2. The van der Waals surface area contributed by atoms with Crippen LogP contribution in [0.1, 0.15) is 120 Å². The summed E-state index contributed by atoms with van der Waals surface area (Å²) in [7, 11) is 0. The summed E-state index contributed by atoms with van der Waals surface area (Å²) in [6.07, 6.45) is 9.75. The predicted octanol–water partition coefficient (Wildman–Crippen LogP) is 8.19. The Morgan fingerprint density at radius 1 is 1.00 bits per heavy atom. The molecule has 0 amide bonds. The monoisotopic (exact) mass is 562 g/mol. The largest absolute Gasteiger partial charge is 0.481 e. The number of halogens is 1. The first-order valence-electron chi connectivity index (χ1n) is 15.3. The van der Waals surface area contributed by atoms with Crippen LogP contribution in [0.15, 0.2) is 11.6 Å². The van der Waals surface area contributed by atoms with Crippen LogP contribution in [-0.4, -0.2) is 34.1 Å². The van der Waals surface area contributed by atoms with Crippen molar-refractivity contribution < 1.29 is 23.8 Å². The highest BCUT2D eigenvalue weighted by Crippen LogP contribution is 2.78. The summed E-state index contributed by atoms with van der Waals surface area (Å²) in [6.45, 7) is 17.1. The van der Waals surface area contributed by atoms with Gasteiger partial charge in [0, 0.05) is 22.7 Å². The van der Waals surface area contributed by atoms with E-state index in [-0.39, 0.29) is 40.2 Å². The molecule has 220 valence electrons. The lowest BCUT2D eigenvalue weighted by molar-refractivity contribution is -0.262. The number of carboxylic acid groups (broad SMARTS) is 1. The van der Waals surface area contributed by atoms with Crippen LogP contribution in [-0.2, 0) is 14.3 Å². The first kappa shape index (κ1) is 29.5. The molecule has 6 heteroatoms. The molecule has 0 radical (unpaired) electrons. The summed E-state index contributed by atoms with van der Waals surface area (Å²) < 4.78 is 24.3. The number of carboxylic acids is 1. The summed E-state index contributed by atoms with van der Waals surface area (Å²) in [6, 6.07) is 0. The zero-order valence-corrected chi connectivity index (χ0v) is 26.3. The Morgan fingerprint density at radius 3 is 2.26 bits per heavy atom. The molecule has 0 heterocycles. The number of carbonyl (C=O) groups is 2. The summed E-state index contributed by atoms with van der Waals surface area (Å²) in [5.41, 5.74) is -2.38. The topological polar surface area (TPSA) is 63.6 Å². The van der Waals surface area contributed by atoms with Gasteiger partial charge >= 0.3 is 11.9 Å². The lowest BCUT2D eigenvalue weighted by Crippen LogP contribution is -2.72. The number of aliphatic carboxylic acids is 1. The van der Waals surface area contributed by atoms with Crippen molar-refractivity contribution in [1.82, 2.24) is 0 Å². The molecule has 4 saturated carbocycles. The van der Waals surface area contributed by atoms with Crippen LogP contribution in [0.2, 0.25) is 0 Å². The molecule has 0 aromatic heterocycles. The molecule has 0 bridgehead atoms.